The van der Waals surface area contributed by atoms with Crippen molar-refractivity contribution in [3.8, 4) is 0 Å². The highest BCUT2D eigenvalue weighted by Crippen LogP contribution is 2.13. The Hall–Kier alpha value is -1.55. The third kappa shape index (κ3) is 4.31. The number of rotatable bonds is 7. The van der Waals surface area contributed by atoms with E-state index >= 15 is 0 Å². The summed E-state index contributed by atoms with van der Waals surface area (Å²) in [5.74, 6) is -0.801. The zero-order chi connectivity index (χ0) is 11.8. The smallest absolute Gasteiger partial charge is 0.305 e. The van der Waals surface area contributed by atoms with Gasteiger partial charge >= 0.3 is 5.97 Å². The molecule has 16 heavy (non-hydrogen) atoms. The van der Waals surface area contributed by atoms with Crippen LogP contribution in [0.4, 0.5) is 5.69 Å². The van der Waals surface area contributed by atoms with Crippen molar-refractivity contribution in [1.82, 2.24) is 0 Å². The minimum absolute atomic E-state index is 0.111. The molecule has 0 radical (unpaired) electrons. The number of para-hydroxylation sites is 1. The molecule has 1 rings (SSSR count). The fourth-order valence-electron chi connectivity index (χ4n) is 1.50. The van der Waals surface area contributed by atoms with Crippen molar-refractivity contribution in [3.63, 3.8) is 0 Å². The topological polar surface area (TPSA) is 60.8 Å². The standard InChI is InChI=1S/C12H17NO3/c14-10-4-8-13(9-7-12(15)16)11-5-2-1-3-6-11/h1-3,5-6,14H,4,7-10H2,(H,15,16). The highest BCUT2D eigenvalue weighted by molar-refractivity contribution is 5.67. The van der Waals surface area contributed by atoms with Gasteiger partial charge in [-0.25, -0.2) is 0 Å². The van der Waals surface area contributed by atoms with Crippen LogP contribution >= 0.6 is 0 Å². The minimum Gasteiger partial charge on any atom is -0.481 e. The Labute approximate surface area is 95.1 Å². The van der Waals surface area contributed by atoms with Gasteiger partial charge in [-0.15, -0.1) is 0 Å². The first-order valence-electron chi connectivity index (χ1n) is 5.36. The third-order valence-electron chi connectivity index (χ3n) is 2.30. The molecule has 0 fully saturated rings. The van der Waals surface area contributed by atoms with Crippen LogP contribution in [0.3, 0.4) is 0 Å². The summed E-state index contributed by atoms with van der Waals surface area (Å²) >= 11 is 0. The monoisotopic (exact) mass is 223 g/mol. The summed E-state index contributed by atoms with van der Waals surface area (Å²) in [4.78, 5) is 12.5. The van der Waals surface area contributed by atoms with Gasteiger partial charge in [0.15, 0.2) is 0 Å². The summed E-state index contributed by atoms with van der Waals surface area (Å²) < 4.78 is 0. The van der Waals surface area contributed by atoms with E-state index < -0.39 is 5.97 Å². The lowest BCUT2D eigenvalue weighted by atomic mass is 10.2. The second kappa shape index (κ2) is 6.85. The minimum atomic E-state index is -0.801. The molecule has 1 aromatic carbocycles. The second-order valence-corrected chi connectivity index (χ2v) is 3.54. The van der Waals surface area contributed by atoms with Gasteiger partial charge in [-0.1, -0.05) is 18.2 Å². The summed E-state index contributed by atoms with van der Waals surface area (Å²) in [6, 6.07) is 9.65. The summed E-state index contributed by atoms with van der Waals surface area (Å²) in [5.41, 5.74) is 0.997. The molecule has 4 nitrogen and oxygen atoms in total. The first-order chi connectivity index (χ1) is 7.74. The molecule has 0 saturated carbocycles. The van der Waals surface area contributed by atoms with Gasteiger partial charge in [-0.2, -0.15) is 0 Å². The molecule has 0 amide bonds. The summed E-state index contributed by atoms with van der Waals surface area (Å²) in [6.07, 6.45) is 0.759. The molecule has 0 unspecified atom stereocenters. The fourth-order valence-corrected chi connectivity index (χ4v) is 1.50. The Morgan fingerprint density at radius 2 is 1.88 bits per heavy atom. The number of carboxylic acid groups (broad SMARTS) is 1. The predicted molar refractivity (Wildman–Crippen MR) is 62.6 cm³/mol. The number of aliphatic hydroxyl groups excluding tert-OH is 1. The van der Waals surface area contributed by atoms with Crippen LogP contribution in [0, 0.1) is 0 Å². The molecule has 0 bridgehead atoms. The number of benzene rings is 1. The summed E-state index contributed by atoms with van der Waals surface area (Å²) in [5, 5.41) is 17.5. The highest BCUT2D eigenvalue weighted by Gasteiger charge is 2.07. The Morgan fingerprint density at radius 3 is 2.44 bits per heavy atom. The average Bonchev–Trinajstić information content (AvgIpc) is 2.30. The van der Waals surface area contributed by atoms with E-state index in [-0.39, 0.29) is 13.0 Å². The Balaban J connectivity index is 2.59. The number of aliphatic carboxylic acids is 1. The lowest BCUT2D eigenvalue weighted by Gasteiger charge is -2.23. The van der Waals surface area contributed by atoms with E-state index in [0.29, 0.717) is 19.5 Å². The largest absolute Gasteiger partial charge is 0.481 e. The van der Waals surface area contributed by atoms with Crippen LogP contribution in [-0.2, 0) is 4.79 Å². The third-order valence-corrected chi connectivity index (χ3v) is 2.30. The van der Waals surface area contributed by atoms with E-state index in [1.54, 1.807) is 0 Å². The van der Waals surface area contributed by atoms with Gasteiger partial charge in [0.25, 0.3) is 0 Å². The SMILES string of the molecule is O=C(O)CCN(CCCO)c1ccccc1. The van der Waals surface area contributed by atoms with Crippen LogP contribution < -0.4 is 4.90 Å². The Morgan fingerprint density at radius 1 is 1.19 bits per heavy atom. The maximum atomic E-state index is 10.5. The molecule has 0 saturated heterocycles. The van der Waals surface area contributed by atoms with Gasteiger partial charge < -0.3 is 15.1 Å². The lowest BCUT2D eigenvalue weighted by molar-refractivity contribution is -0.136. The molecular weight excluding hydrogens is 206 g/mol. The maximum absolute atomic E-state index is 10.5. The zero-order valence-electron chi connectivity index (χ0n) is 9.17. The molecule has 0 spiro atoms. The van der Waals surface area contributed by atoms with Crippen LogP contribution in [0.5, 0.6) is 0 Å². The maximum Gasteiger partial charge on any atom is 0.305 e. The van der Waals surface area contributed by atoms with Gasteiger partial charge in [0.05, 0.1) is 6.42 Å². The molecule has 88 valence electrons. The summed E-state index contributed by atoms with van der Waals surface area (Å²) in [7, 11) is 0. The number of nitrogens with zero attached hydrogens (tertiary/aromatic N) is 1. The average molecular weight is 223 g/mol. The number of hydrogen-bond acceptors (Lipinski definition) is 3. The van der Waals surface area contributed by atoms with E-state index in [1.165, 1.54) is 0 Å². The van der Waals surface area contributed by atoms with Crippen molar-refractivity contribution in [2.45, 2.75) is 12.8 Å². The normalized spacial score (nSPS) is 10.1. The molecule has 0 aliphatic heterocycles. The molecule has 0 aromatic heterocycles. The zero-order valence-corrected chi connectivity index (χ0v) is 9.17. The number of aliphatic hydroxyl groups is 1. The molecular formula is C12H17NO3. The Kier molecular flexibility index (Phi) is 5.36. The molecule has 0 aliphatic rings. The summed E-state index contributed by atoms with van der Waals surface area (Å²) in [6.45, 7) is 1.27. The number of carboxylic acids is 1. The number of carbonyl (C=O) groups is 1. The van der Waals surface area contributed by atoms with Gasteiger partial charge in [0.2, 0.25) is 0 Å². The van der Waals surface area contributed by atoms with E-state index in [4.69, 9.17) is 10.2 Å². The Bertz CT molecular complexity index is 313. The molecule has 4 heteroatoms. The van der Waals surface area contributed by atoms with Crippen LogP contribution in [-0.4, -0.2) is 35.9 Å². The van der Waals surface area contributed by atoms with E-state index in [0.717, 1.165) is 5.69 Å². The fraction of sp³-hybridized carbons (Fsp3) is 0.417. The molecule has 2 N–H and O–H groups in total. The quantitative estimate of drug-likeness (QED) is 0.732. The second-order valence-electron chi connectivity index (χ2n) is 3.54. The van der Waals surface area contributed by atoms with Gasteiger partial charge in [0.1, 0.15) is 0 Å². The van der Waals surface area contributed by atoms with E-state index in [1.807, 2.05) is 35.2 Å². The predicted octanol–water partition coefficient (Wildman–Crippen LogP) is 1.35. The number of hydrogen-bond donors (Lipinski definition) is 2. The van der Waals surface area contributed by atoms with Crippen molar-refractivity contribution in [2.24, 2.45) is 0 Å². The van der Waals surface area contributed by atoms with Crippen molar-refractivity contribution in [2.75, 3.05) is 24.6 Å². The number of anilines is 1. The van der Waals surface area contributed by atoms with E-state index in [2.05, 4.69) is 0 Å². The van der Waals surface area contributed by atoms with Crippen molar-refractivity contribution < 1.29 is 15.0 Å². The molecule has 0 heterocycles. The molecule has 0 atom stereocenters. The van der Waals surface area contributed by atoms with Crippen molar-refractivity contribution >= 4 is 11.7 Å². The highest BCUT2D eigenvalue weighted by atomic mass is 16.4. The van der Waals surface area contributed by atoms with Crippen LogP contribution in [0.1, 0.15) is 12.8 Å². The van der Waals surface area contributed by atoms with Crippen molar-refractivity contribution in [3.05, 3.63) is 30.3 Å². The van der Waals surface area contributed by atoms with Crippen LogP contribution in [0.15, 0.2) is 30.3 Å². The van der Waals surface area contributed by atoms with E-state index in [9.17, 15) is 4.79 Å². The molecule has 1 aromatic rings. The van der Waals surface area contributed by atoms with Gasteiger partial charge in [-0.05, 0) is 18.6 Å². The van der Waals surface area contributed by atoms with Crippen LogP contribution in [0.25, 0.3) is 0 Å². The lowest BCUT2D eigenvalue weighted by Crippen LogP contribution is -2.27. The first kappa shape index (κ1) is 12.5. The first-order valence-corrected chi connectivity index (χ1v) is 5.36. The van der Waals surface area contributed by atoms with Gasteiger partial charge in [-0.3, -0.25) is 4.79 Å². The molecule has 0 aliphatic carbocycles. The van der Waals surface area contributed by atoms with Gasteiger partial charge in [0, 0.05) is 25.4 Å². The van der Waals surface area contributed by atoms with Crippen molar-refractivity contribution in [1.29, 1.82) is 0 Å². The van der Waals surface area contributed by atoms with Crippen LogP contribution in [0.2, 0.25) is 0 Å².